The number of carboxylic acids is 1. The van der Waals surface area contributed by atoms with E-state index in [2.05, 4.69) is 20.6 Å². The summed E-state index contributed by atoms with van der Waals surface area (Å²) in [5, 5.41) is 16.7. The topological polar surface area (TPSA) is 156 Å². The van der Waals surface area contributed by atoms with Crippen molar-refractivity contribution in [3.05, 3.63) is 94.2 Å². The third-order valence-corrected chi connectivity index (χ3v) is 9.93. The van der Waals surface area contributed by atoms with E-state index < -0.39 is 23.7 Å². The number of rotatable bonds is 12. The lowest BCUT2D eigenvalue weighted by molar-refractivity contribution is -0.139. The molecule has 1 aliphatic heterocycles. The van der Waals surface area contributed by atoms with Gasteiger partial charge in [-0.25, -0.2) is 9.78 Å². The van der Waals surface area contributed by atoms with Gasteiger partial charge in [0.1, 0.15) is 11.6 Å². The number of aromatic nitrogens is 3. The van der Waals surface area contributed by atoms with E-state index in [4.69, 9.17) is 42.8 Å². The highest BCUT2D eigenvalue weighted by Gasteiger charge is 2.29. The third kappa shape index (κ3) is 9.33. The summed E-state index contributed by atoms with van der Waals surface area (Å²) in [5.74, 6) is -0.646. The van der Waals surface area contributed by atoms with Gasteiger partial charge in [-0.05, 0) is 63.9 Å². The summed E-state index contributed by atoms with van der Waals surface area (Å²) in [4.78, 5) is 52.0. The highest BCUT2D eigenvalue weighted by molar-refractivity contribution is 6.39. The number of halogens is 2. The molecule has 6 rings (SSSR count). The van der Waals surface area contributed by atoms with E-state index in [1.54, 1.807) is 45.0 Å². The minimum Gasteiger partial charge on any atom is -0.481 e. The molecule has 0 saturated carbocycles. The zero-order chi connectivity index (χ0) is 39.4. The minimum absolute atomic E-state index is 0.0391. The molecular formula is C41H42Cl2N6O6. The van der Waals surface area contributed by atoms with Crippen LogP contribution in [0.5, 0.6) is 5.88 Å². The highest BCUT2D eigenvalue weighted by Crippen LogP contribution is 2.42. The van der Waals surface area contributed by atoms with E-state index in [-0.39, 0.29) is 25.0 Å². The van der Waals surface area contributed by atoms with E-state index in [1.807, 2.05) is 60.7 Å². The number of hydrogen-bond acceptors (Lipinski definition) is 9. The second kappa shape index (κ2) is 16.6. The number of carboxylic acid groups (broad SMARTS) is 1. The quantitative estimate of drug-likeness (QED) is 0.114. The van der Waals surface area contributed by atoms with Crippen molar-refractivity contribution in [1.29, 1.82) is 0 Å². The van der Waals surface area contributed by atoms with Gasteiger partial charge in [0.05, 0.1) is 40.6 Å². The summed E-state index contributed by atoms with van der Waals surface area (Å²) < 4.78 is 11.4. The maximum Gasteiger partial charge on any atom is 0.410 e. The summed E-state index contributed by atoms with van der Waals surface area (Å²) in [6.45, 7) is 7.79. The molecule has 0 aliphatic carbocycles. The lowest BCUT2D eigenvalue weighted by Crippen LogP contribution is -2.43. The van der Waals surface area contributed by atoms with Crippen LogP contribution in [0.1, 0.15) is 51.7 Å². The van der Waals surface area contributed by atoms with Crippen molar-refractivity contribution in [3.63, 3.8) is 0 Å². The van der Waals surface area contributed by atoms with E-state index in [9.17, 15) is 14.4 Å². The van der Waals surface area contributed by atoms with Gasteiger partial charge in [-0.3, -0.25) is 19.6 Å². The van der Waals surface area contributed by atoms with Crippen LogP contribution in [-0.4, -0.2) is 74.3 Å². The Morgan fingerprint density at radius 1 is 0.982 bits per heavy atom. The van der Waals surface area contributed by atoms with Crippen LogP contribution in [-0.2, 0) is 27.4 Å². The van der Waals surface area contributed by atoms with Gasteiger partial charge in [-0.15, -0.1) is 0 Å². The van der Waals surface area contributed by atoms with Gasteiger partial charge in [0.25, 0.3) is 0 Å². The average molecular weight is 786 g/mol. The second-order valence-electron chi connectivity index (χ2n) is 14.4. The smallest absolute Gasteiger partial charge is 0.410 e. The fraction of sp³-hybridized carbons (Fsp3) is 0.317. The van der Waals surface area contributed by atoms with Crippen molar-refractivity contribution in [2.75, 3.05) is 13.7 Å². The number of pyridine rings is 3. The zero-order valence-electron chi connectivity index (χ0n) is 31.2. The van der Waals surface area contributed by atoms with Crippen molar-refractivity contribution in [2.24, 2.45) is 0 Å². The van der Waals surface area contributed by atoms with E-state index in [0.717, 1.165) is 10.9 Å². The van der Waals surface area contributed by atoms with Crippen LogP contribution in [0.2, 0.25) is 10.0 Å². The monoisotopic (exact) mass is 784 g/mol. The Hall–Kier alpha value is -5.30. The molecule has 4 heterocycles. The fourth-order valence-electron chi connectivity index (χ4n) is 6.28. The zero-order valence-corrected chi connectivity index (χ0v) is 32.7. The molecule has 1 aliphatic rings. The lowest BCUT2D eigenvalue weighted by Gasteiger charge is -2.29. The molecule has 14 heteroatoms. The number of carbonyl (C=O) groups is 3. The number of carbonyl (C=O) groups excluding carboxylic acids is 2. The van der Waals surface area contributed by atoms with Crippen molar-refractivity contribution in [2.45, 2.75) is 71.3 Å². The number of benzene rings is 2. The van der Waals surface area contributed by atoms with Crippen LogP contribution >= 0.6 is 23.2 Å². The molecule has 12 nitrogen and oxygen atoms in total. The third-order valence-electron chi connectivity index (χ3n) is 9.12. The molecule has 2 atom stereocenters. The maximum atomic E-state index is 13.3. The van der Waals surface area contributed by atoms with Crippen LogP contribution in [0.4, 0.5) is 4.79 Å². The van der Waals surface area contributed by atoms with Gasteiger partial charge in [0.15, 0.2) is 0 Å². The molecule has 0 spiro atoms. The summed E-state index contributed by atoms with van der Waals surface area (Å²) in [6, 6.07) is 17.9. The molecule has 55 heavy (non-hydrogen) atoms. The largest absolute Gasteiger partial charge is 0.481 e. The minimum atomic E-state index is -0.924. The van der Waals surface area contributed by atoms with Crippen LogP contribution in [0.15, 0.2) is 73.1 Å². The van der Waals surface area contributed by atoms with Gasteiger partial charge >= 0.3 is 12.1 Å². The molecule has 0 bridgehead atoms. The standard InChI is InChI=1S/C41H42Cl2N6O6/c1-23(39(51)52)44-18-24-16-26-20-46-34(17-33(26)45-19-24)31-11-7-9-29(37(31)43)28-8-6-10-30(36(28)42)32-14-12-25(38(48-32)54-5)21-49(40(53)55-41(2,3)4)22-27-13-15-35(50)47-27/h6-12,14,16-17,19-20,23,27,44H,13,15,18,21-22H2,1-5H3,(H,47,50)(H,51,52)/t23?,27-/m0/s1. The molecule has 0 radical (unpaired) electrons. The number of methoxy groups -OCH3 is 1. The van der Waals surface area contributed by atoms with Crippen molar-refractivity contribution in [3.8, 4) is 39.5 Å². The Labute approximate surface area is 329 Å². The number of aliphatic carboxylic acids is 1. The molecule has 1 unspecified atom stereocenters. The first-order chi connectivity index (χ1) is 26.2. The Morgan fingerprint density at radius 3 is 2.27 bits per heavy atom. The normalized spacial score (nSPS) is 14.7. The molecule has 3 aromatic heterocycles. The number of hydrogen-bond donors (Lipinski definition) is 3. The maximum absolute atomic E-state index is 13.3. The van der Waals surface area contributed by atoms with Gasteiger partial charge in [-0.1, -0.05) is 59.6 Å². The average Bonchev–Trinajstić information content (AvgIpc) is 3.57. The molecule has 3 N–H and O–H groups in total. The Bertz CT molecular complexity index is 2260. The predicted molar refractivity (Wildman–Crippen MR) is 212 cm³/mol. The fourth-order valence-corrected chi connectivity index (χ4v) is 6.93. The lowest BCUT2D eigenvalue weighted by atomic mass is 9.98. The first-order valence-corrected chi connectivity index (χ1v) is 18.6. The Morgan fingerprint density at radius 2 is 1.65 bits per heavy atom. The van der Waals surface area contributed by atoms with Crippen LogP contribution in [0.25, 0.3) is 44.5 Å². The number of nitrogens with one attached hydrogen (secondary N) is 2. The van der Waals surface area contributed by atoms with Crippen molar-refractivity contribution < 1.29 is 29.0 Å². The number of nitrogens with zero attached hydrogens (tertiary/aromatic N) is 4. The molecular weight excluding hydrogens is 743 g/mol. The van der Waals surface area contributed by atoms with Crippen molar-refractivity contribution >= 4 is 52.1 Å². The number of fused-ring (bicyclic) bond motifs is 1. The van der Waals surface area contributed by atoms with Gasteiger partial charge < -0.3 is 30.1 Å². The van der Waals surface area contributed by atoms with Gasteiger partial charge in [0, 0.05) is 71.1 Å². The first kappa shape index (κ1) is 39.4. The molecule has 5 aromatic rings. The van der Waals surface area contributed by atoms with E-state index in [0.29, 0.717) is 80.0 Å². The predicted octanol–water partition coefficient (Wildman–Crippen LogP) is 7.92. The Balaban J connectivity index is 1.26. The molecule has 1 saturated heterocycles. The van der Waals surface area contributed by atoms with Crippen LogP contribution < -0.4 is 15.4 Å². The SMILES string of the molecule is COc1nc(-c2cccc(-c3cccc(-c4cc5ncc(CNC(C)C(=O)O)cc5cn4)c3Cl)c2Cl)ccc1CN(C[C@@H]1CCC(=O)N1)C(=O)OC(C)(C)C. The summed E-state index contributed by atoms with van der Waals surface area (Å²) in [5.41, 5.74) is 5.42. The van der Waals surface area contributed by atoms with Gasteiger partial charge in [0.2, 0.25) is 11.8 Å². The van der Waals surface area contributed by atoms with E-state index >= 15 is 0 Å². The summed E-state index contributed by atoms with van der Waals surface area (Å²) >= 11 is 14.2. The highest BCUT2D eigenvalue weighted by atomic mass is 35.5. The molecule has 2 aromatic carbocycles. The van der Waals surface area contributed by atoms with Crippen molar-refractivity contribution in [1.82, 2.24) is 30.5 Å². The summed E-state index contributed by atoms with van der Waals surface area (Å²) in [6.07, 6.45) is 3.97. The molecule has 2 amide bonds. The second-order valence-corrected chi connectivity index (χ2v) is 15.2. The molecule has 1 fully saturated rings. The van der Waals surface area contributed by atoms with Crippen LogP contribution in [0.3, 0.4) is 0 Å². The number of ether oxygens (including phenoxy) is 2. The molecule has 286 valence electrons. The van der Waals surface area contributed by atoms with Crippen LogP contribution in [0, 0.1) is 0 Å². The summed E-state index contributed by atoms with van der Waals surface area (Å²) in [7, 11) is 1.52. The number of amides is 2. The first-order valence-electron chi connectivity index (χ1n) is 17.8. The van der Waals surface area contributed by atoms with Gasteiger partial charge in [-0.2, -0.15) is 0 Å². The Kier molecular flexibility index (Phi) is 11.9. The van der Waals surface area contributed by atoms with E-state index in [1.165, 1.54) is 7.11 Å².